The highest BCUT2D eigenvalue weighted by atomic mass is 32.2. The summed E-state index contributed by atoms with van der Waals surface area (Å²) in [6, 6.07) is 68.0. The Hall–Kier alpha value is -5.94. The summed E-state index contributed by atoms with van der Waals surface area (Å²) in [6.07, 6.45) is 14.4. The van der Waals surface area contributed by atoms with Crippen LogP contribution in [-0.4, -0.2) is 68.4 Å². The maximum Gasteiger partial charge on any atom is 0.449 e. The predicted molar refractivity (Wildman–Crippen MR) is 352 cm³/mol. The summed E-state index contributed by atoms with van der Waals surface area (Å²) in [5.74, 6) is -23.0. The predicted octanol–water partition coefficient (Wildman–Crippen LogP) is 21.7. The Morgan fingerprint density at radius 1 is 0.358 bits per heavy atom. The van der Waals surface area contributed by atoms with E-state index in [1.807, 2.05) is 12.1 Å². The largest absolute Gasteiger partial charge is 0.449 e. The molecule has 0 bridgehead atoms. The van der Waals surface area contributed by atoms with Crippen molar-refractivity contribution in [1.29, 1.82) is 0 Å². The summed E-state index contributed by atoms with van der Waals surface area (Å²) in [7, 11) is -12.3. The second kappa shape index (κ2) is 32.6. The van der Waals surface area contributed by atoms with Crippen LogP contribution in [0.25, 0.3) is 0 Å². The van der Waals surface area contributed by atoms with E-state index in [9.17, 15) is 69.5 Å². The van der Waals surface area contributed by atoms with Gasteiger partial charge in [-0.1, -0.05) is 186 Å². The van der Waals surface area contributed by atoms with Gasteiger partial charge >= 0.3 is 44.3 Å². The third-order valence-electron chi connectivity index (χ3n) is 17.5. The molecule has 514 valence electrons. The van der Waals surface area contributed by atoms with Gasteiger partial charge in [0.15, 0.2) is 29.4 Å². The Labute approximate surface area is 557 Å². The highest BCUT2D eigenvalue weighted by Crippen LogP contribution is 2.53. The van der Waals surface area contributed by atoms with Crippen LogP contribution in [0.5, 0.6) is 5.75 Å². The first kappa shape index (κ1) is 74.8. The van der Waals surface area contributed by atoms with Gasteiger partial charge in [-0.15, -0.1) is 0 Å². The minimum atomic E-state index is -6.48. The van der Waals surface area contributed by atoms with E-state index < -0.39 is 68.2 Å². The lowest BCUT2D eigenvalue weighted by Gasteiger charge is -2.35. The van der Waals surface area contributed by atoms with E-state index in [2.05, 4.69) is 182 Å². The zero-order valence-electron chi connectivity index (χ0n) is 53.0. The Balaban J connectivity index is 0.000000172. The van der Waals surface area contributed by atoms with E-state index in [1.54, 1.807) is 0 Å². The van der Waals surface area contributed by atoms with E-state index >= 15 is 0 Å². The highest BCUT2D eigenvalue weighted by Gasteiger charge is 2.78. The van der Waals surface area contributed by atoms with Crippen LogP contribution in [0.1, 0.15) is 164 Å². The molecule has 0 unspecified atom stereocenters. The van der Waals surface area contributed by atoms with Gasteiger partial charge in [-0.05, 0) is 159 Å². The number of alkyl halides is 12. The molecule has 7 aromatic carbocycles. The molecule has 6 nitrogen and oxygen atoms in total. The lowest BCUT2D eigenvalue weighted by Crippen LogP contribution is -2.60. The smallest absolute Gasteiger partial charge is 0.377 e. The van der Waals surface area contributed by atoms with Crippen LogP contribution in [-0.2, 0) is 41.9 Å². The first-order chi connectivity index (χ1) is 45.0. The van der Waals surface area contributed by atoms with Crippen molar-refractivity contribution in [2.75, 3.05) is 13.1 Å². The van der Waals surface area contributed by atoms with E-state index in [4.69, 9.17) is 4.18 Å². The minimum Gasteiger partial charge on any atom is -0.377 e. The number of rotatable bonds is 18. The standard InChI is InChI=1S/C28H38F6O3S.2C18H15S.C9H13F6NO2S/c1-26(29,30)27(31,32)28(33,34)38(35,36)37-25-23(20-13-7-3-8-14-20)17-22(19-11-5-2-6-12-19)18-24(25)21-15-9-4-10-16-21;2*1-4-10-16(11-5-1)19(17-12-6-2-7-13-17)18-14-8-3-9-15-18;1-7(10,11)8(12,13)9(14,15)19(17,18)16-5-3-2-4-6-16/h17-21H,2-16H2,1H3;2*1-15H;2-6H2,1H3/q;2*+1;. The van der Waals surface area contributed by atoms with Gasteiger partial charge in [-0.2, -0.15) is 65.4 Å². The maximum atomic E-state index is 14.7. The lowest BCUT2D eigenvalue weighted by molar-refractivity contribution is -0.272. The van der Waals surface area contributed by atoms with E-state index in [0.29, 0.717) is 43.2 Å². The molecule has 22 heteroatoms. The summed E-state index contributed by atoms with van der Waals surface area (Å²) in [4.78, 5) is 8.17. The number of hydrogen-bond donors (Lipinski definition) is 0. The SMILES string of the molecule is CC(F)(F)C(F)(F)C(F)(F)S(=O)(=O)N1CCCCC1.CC(F)(F)C(F)(F)C(F)(F)S(=O)(=O)Oc1c(C2CCCCC2)cc(C2CCCCC2)cc1C1CCCCC1.c1ccc([S+](c2ccccc2)c2ccccc2)cc1.c1ccc([S+](c2ccccc2)c2ccccc2)cc1. The molecule has 0 aromatic heterocycles. The monoisotopic (exact) mass is 1410 g/mol. The van der Waals surface area contributed by atoms with Crippen LogP contribution in [0.15, 0.2) is 223 Å². The van der Waals surface area contributed by atoms with E-state index in [0.717, 1.165) is 76.2 Å². The zero-order chi connectivity index (χ0) is 68.7. The van der Waals surface area contributed by atoms with Crippen molar-refractivity contribution in [3.8, 4) is 5.75 Å². The molecule has 0 spiro atoms. The average Bonchev–Trinajstić information content (AvgIpc) is 0.742. The zero-order valence-corrected chi connectivity index (χ0v) is 56.3. The number of benzene rings is 7. The van der Waals surface area contributed by atoms with Crippen molar-refractivity contribution in [2.24, 2.45) is 0 Å². The van der Waals surface area contributed by atoms with Crippen LogP contribution in [0.3, 0.4) is 0 Å². The third kappa shape index (κ3) is 17.9. The van der Waals surface area contributed by atoms with E-state index in [-0.39, 0.29) is 75.5 Å². The van der Waals surface area contributed by atoms with Crippen LogP contribution >= 0.6 is 0 Å². The van der Waals surface area contributed by atoms with Gasteiger partial charge < -0.3 is 4.18 Å². The molecule has 3 saturated carbocycles. The lowest BCUT2D eigenvalue weighted by atomic mass is 9.75. The van der Waals surface area contributed by atoms with Gasteiger partial charge in [0.2, 0.25) is 0 Å². The van der Waals surface area contributed by atoms with Crippen molar-refractivity contribution in [3.63, 3.8) is 0 Å². The summed E-state index contributed by atoms with van der Waals surface area (Å²) in [6.45, 7) is -1.60. The molecule has 7 aromatic rings. The molecule has 95 heavy (non-hydrogen) atoms. The van der Waals surface area contributed by atoms with E-state index in [1.165, 1.54) is 29.4 Å². The Morgan fingerprint density at radius 2 is 0.611 bits per heavy atom. The second-order valence-electron chi connectivity index (χ2n) is 24.5. The molecule has 0 atom stereocenters. The molecule has 4 aliphatic rings. The molecule has 3 aliphatic carbocycles. The molecule has 0 radical (unpaired) electrons. The number of sulfonamides is 1. The van der Waals surface area contributed by atoms with Gasteiger partial charge in [0.25, 0.3) is 10.0 Å². The van der Waals surface area contributed by atoms with Crippen molar-refractivity contribution in [2.45, 2.75) is 211 Å². The number of hydrogen-bond acceptors (Lipinski definition) is 5. The van der Waals surface area contributed by atoms with Crippen LogP contribution < -0.4 is 4.18 Å². The molecule has 11 rings (SSSR count). The number of piperidine rings is 1. The Kier molecular flexibility index (Phi) is 25.7. The summed E-state index contributed by atoms with van der Waals surface area (Å²) in [5.41, 5.74) is 1.89. The normalized spacial score (nSPS) is 17.1. The van der Waals surface area contributed by atoms with Crippen molar-refractivity contribution in [1.82, 2.24) is 4.31 Å². The molecule has 4 fully saturated rings. The van der Waals surface area contributed by atoms with Gasteiger partial charge in [0.05, 0.1) is 21.8 Å². The minimum absolute atomic E-state index is 0.0146. The van der Waals surface area contributed by atoms with Gasteiger partial charge in [0, 0.05) is 26.9 Å². The van der Waals surface area contributed by atoms with Crippen molar-refractivity contribution < 1.29 is 73.7 Å². The number of nitrogens with zero attached hydrogens (tertiary/aromatic N) is 1. The topological polar surface area (TPSA) is 80.8 Å². The van der Waals surface area contributed by atoms with Crippen LogP contribution in [0, 0.1) is 0 Å². The maximum absolute atomic E-state index is 14.7. The second-order valence-corrected chi connectivity index (χ2v) is 32.1. The Bertz CT molecular complexity index is 3360. The molecule has 0 amide bonds. The van der Waals surface area contributed by atoms with Gasteiger partial charge in [-0.25, -0.2) is 8.42 Å². The first-order valence-corrected chi connectivity index (χ1v) is 37.5. The summed E-state index contributed by atoms with van der Waals surface area (Å²) in [5, 5.41) is -12.0. The average molecular weight is 1410 g/mol. The molecule has 1 heterocycles. The molecule has 0 N–H and O–H groups in total. The Morgan fingerprint density at radius 3 is 0.884 bits per heavy atom. The summed E-state index contributed by atoms with van der Waals surface area (Å²) < 4.78 is 217. The number of halogens is 12. The fourth-order valence-electron chi connectivity index (χ4n) is 12.3. The molecule has 1 aliphatic heterocycles. The fraction of sp³-hybridized carbons (Fsp3) is 0.425. The summed E-state index contributed by atoms with van der Waals surface area (Å²) >= 11 is 0. The van der Waals surface area contributed by atoms with Gasteiger partial charge in [-0.3, -0.25) is 0 Å². The van der Waals surface area contributed by atoms with Crippen molar-refractivity contribution in [3.05, 3.63) is 211 Å². The molecular weight excluding hydrogens is 1330 g/mol. The van der Waals surface area contributed by atoms with Crippen LogP contribution in [0.2, 0.25) is 0 Å². The quantitative estimate of drug-likeness (QED) is 0.0486. The first-order valence-electron chi connectivity index (χ1n) is 32.2. The van der Waals surface area contributed by atoms with Crippen molar-refractivity contribution >= 4 is 41.9 Å². The highest BCUT2D eigenvalue weighted by molar-refractivity contribution is 7.97. The molecule has 1 saturated heterocycles. The van der Waals surface area contributed by atoms with Gasteiger partial charge in [0.1, 0.15) is 5.75 Å². The fourth-order valence-corrected chi connectivity index (χ4v) is 19.1. The van der Waals surface area contributed by atoms with Crippen LogP contribution in [0.4, 0.5) is 52.7 Å². The third-order valence-corrected chi connectivity index (χ3v) is 25.2. The molecular formula is C73H81F12NO5S4+2.